The summed E-state index contributed by atoms with van der Waals surface area (Å²) in [6.45, 7) is 1.10. The first-order valence-corrected chi connectivity index (χ1v) is 4.44. The van der Waals surface area contributed by atoms with Crippen LogP contribution in [0.2, 0.25) is 0 Å². The van der Waals surface area contributed by atoms with Crippen molar-refractivity contribution in [2.75, 3.05) is 0 Å². The highest BCUT2D eigenvalue weighted by Crippen LogP contribution is 2.22. The van der Waals surface area contributed by atoms with Gasteiger partial charge >= 0.3 is 5.97 Å². The molecular formula is C10H7NO5. The van der Waals surface area contributed by atoms with E-state index in [9.17, 15) is 14.4 Å². The molecule has 2 rings (SSSR count). The number of fused-ring (bicyclic) bond motifs is 1. The molecule has 0 aliphatic carbocycles. The van der Waals surface area contributed by atoms with Crippen LogP contribution in [0.25, 0.3) is 0 Å². The molecule has 1 aliphatic rings. The maximum atomic E-state index is 11.6. The average molecular weight is 221 g/mol. The summed E-state index contributed by atoms with van der Waals surface area (Å²) in [5.41, 5.74) is 0.444. The van der Waals surface area contributed by atoms with Crippen molar-refractivity contribution in [3.63, 3.8) is 0 Å². The fraction of sp³-hybridized carbons (Fsp3) is 0.100. The minimum atomic E-state index is -0.753. The predicted molar refractivity (Wildman–Crippen MR) is 49.8 cm³/mol. The monoisotopic (exact) mass is 221 g/mol. The van der Waals surface area contributed by atoms with Crippen molar-refractivity contribution in [3.05, 3.63) is 35.4 Å². The van der Waals surface area contributed by atoms with Crippen molar-refractivity contribution in [2.24, 2.45) is 0 Å². The number of amides is 2. The Kier molecular flexibility index (Phi) is 2.41. The Bertz CT molecular complexity index is 447. The maximum absolute atomic E-state index is 11.6. The summed E-state index contributed by atoms with van der Waals surface area (Å²) in [6, 6.07) is 6.23. The first-order chi connectivity index (χ1) is 7.61. The molecule has 0 aromatic heterocycles. The zero-order valence-corrected chi connectivity index (χ0v) is 8.30. The fourth-order valence-corrected chi connectivity index (χ4v) is 1.32. The number of nitrogens with zero attached hydrogens (tertiary/aromatic N) is 1. The van der Waals surface area contributed by atoms with Gasteiger partial charge in [-0.25, -0.2) is 4.79 Å². The van der Waals surface area contributed by atoms with Crippen molar-refractivity contribution in [1.82, 2.24) is 5.06 Å². The topological polar surface area (TPSA) is 72.9 Å². The lowest BCUT2D eigenvalue weighted by molar-refractivity contribution is -0.354. The summed E-state index contributed by atoms with van der Waals surface area (Å²) < 4.78 is 0. The molecule has 82 valence electrons. The molecule has 1 aromatic rings. The van der Waals surface area contributed by atoms with E-state index in [2.05, 4.69) is 9.88 Å². The van der Waals surface area contributed by atoms with Crippen LogP contribution in [-0.2, 0) is 14.7 Å². The lowest BCUT2D eigenvalue weighted by Gasteiger charge is -2.09. The molecule has 1 aliphatic heterocycles. The van der Waals surface area contributed by atoms with Crippen molar-refractivity contribution in [2.45, 2.75) is 6.92 Å². The van der Waals surface area contributed by atoms with Gasteiger partial charge in [-0.05, 0) is 17.1 Å². The SMILES string of the molecule is CC(=O)OON1C(=O)c2ccccc2C1=O. The van der Waals surface area contributed by atoms with Crippen molar-refractivity contribution < 1.29 is 24.3 Å². The first kappa shape index (κ1) is 10.3. The summed E-state index contributed by atoms with van der Waals surface area (Å²) in [5.74, 6) is -2.06. The quantitative estimate of drug-likeness (QED) is 0.417. The van der Waals surface area contributed by atoms with Gasteiger partial charge in [-0.3, -0.25) is 14.5 Å². The summed E-state index contributed by atoms with van der Waals surface area (Å²) >= 11 is 0. The van der Waals surface area contributed by atoms with Gasteiger partial charge in [-0.1, -0.05) is 12.1 Å². The number of carbonyl (C=O) groups is 3. The lowest BCUT2D eigenvalue weighted by Crippen LogP contribution is -2.30. The first-order valence-electron chi connectivity index (χ1n) is 4.44. The van der Waals surface area contributed by atoms with Crippen LogP contribution in [0.15, 0.2) is 24.3 Å². The largest absolute Gasteiger partial charge is 0.342 e. The van der Waals surface area contributed by atoms with E-state index in [1.165, 1.54) is 12.1 Å². The van der Waals surface area contributed by atoms with Gasteiger partial charge < -0.3 is 0 Å². The summed E-state index contributed by atoms with van der Waals surface area (Å²) in [5, 5.41) is 0.409. The second kappa shape index (κ2) is 3.74. The molecule has 6 heteroatoms. The molecule has 1 heterocycles. The number of hydroxylamine groups is 2. The average Bonchev–Trinajstić information content (AvgIpc) is 2.50. The molecule has 2 amide bonds. The second-order valence-corrected chi connectivity index (χ2v) is 3.10. The van der Waals surface area contributed by atoms with Crippen LogP contribution in [0, 0.1) is 0 Å². The molecule has 0 bridgehead atoms. The lowest BCUT2D eigenvalue weighted by atomic mass is 10.1. The van der Waals surface area contributed by atoms with Crippen LogP contribution in [0.5, 0.6) is 0 Å². The minimum Gasteiger partial charge on any atom is -0.275 e. The van der Waals surface area contributed by atoms with E-state index in [1.807, 2.05) is 0 Å². The molecule has 0 saturated heterocycles. The van der Waals surface area contributed by atoms with Crippen LogP contribution in [0.4, 0.5) is 0 Å². The van der Waals surface area contributed by atoms with Gasteiger partial charge in [0.05, 0.1) is 11.1 Å². The van der Waals surface area contributed by atoms with E-state index in [0.29, 0.717) is 5.06 Å². The zero-order chi connectivity index (χ0) is 11.7. The molecule has 0 N–H and O–H groups in total. The van der Waals surface area contributed by atoms with Gasteiger partial charge in [0.25, 0.3) is 11.8 Å². The smallest absolute Gasteiger partial charge is 0.275 e. The van der Waals surface area contributed by atoms with E-state index in [4.69, 9.17) is 0 Å². The number of carbonyl (C=O) groups excluding carboxylic acids is 3. The Hall–Kier alpha value is -2.21. The Balaban J connectivity index is 2.25. The number of benzene rings is 1. The third-order valence-corrected chi connectivity index (χ3v) is 1.99. The molecule has 0 spiro atoms. The Morgan fingerprint density at radius 1 is 1.12 bits per heavy atom. The standard InChI is InChI=1S/C10H7NO5/c1-6(12)15-16-11-9(13)7-4-2-3-5-8(7)10(11)14/h2-5H,1H3. The molecular weight excluding hydrogens is 214 g/mol. The molecule has 1 aromatic carbocycles. The summed E-state index contributed by atoms with van der Waals surface area (Å²) in [4.78, 5) is 42.2. The van der Waals surface area contributed by atoms with Gasteiger partial charge in [0.2, 0.25) is 0 Å². The van der Waals surface area contributed by atoms with Gasteiger partial charge in [-0.15, -0.1) is 5.06 Å². The van der Waals surface area contributed by atoms with Crippen LogP contribution in [0.1, 0.15) is 27.6 Å². The molecule has 0 fully saturated rings. The Morgan fingerprint density at radius 3 is 2.06 bits per heavy atom. The van der Waals surface area contributed by atoms with Gasteiger partial charge in [0, 0.05) is 6.92 Å². The summed E-state index contributed by atoms with van der Waals surface area (Å²) in [6.07, 6.45) is 0. The summed E-state index contributed by atoms with van der Waals surface area (Å²) in [7, 11) is 0. The molecule has 0 unspecified atom stereocenters. The molecule has 16 heavy (non-hydrogen) atoms. The zero-order valence-electron chi connectivity index (χ0n) is 8.30. The van der Waals surface area contributed by atoms with Crippen molar-refractivity contribution in [1.29, 1.82) is 0 Å². The van der Waals surface area contributed by atoms with Crippen molar-refractivity contribution in [3.8, 4) is 0 Å². The van der Waals surface area contributed by atoms with Crippen LogP contribution in [0.3, 0.4) is 0 Å². The van der Waals surface area contributed by atoms with Crippen LogP contribution in [-0.4, -0.2) is 22.8 Å². The van der Waals surface area contributed by atoms with Gasteiger partial charge in [0.1, 0.15) is 0 Å². The highest BCUT2D eigenvalue weighted by Gasteiger charge is 2.37. The van der Waals surface area contributed by atoms with Gasteiger partial charge in [-0.2, -0.15) is 0 Å². The number of hydrogen-bond acceptors (Lipinski definition) is 5. The third-order valence-electron chi connectivity index (χ3n) is 1.99. The predicted octanol–water partition coefficient (Wildman–Crippen LogP) is 0.692. The van der Waals surface area contributed by atoms with E-state index in [0.717, 1.165) is 6.92 Å². The normalized spacial score (nSPS) is 13.9. The highest BCUT2D eigenvalue weighted by molar-refractivity contribution is 6.20. The van der Waals surface area contributed by atoms with E-state index in [1.54, 1.807) is 12.1 Å². The molecule has 0 saturated carbocycles. The van der Waals surface area contributed by atoms with E-state index >= 15 is 0 Å². The Labute approximate surface area is 90.2 Å². The van der Waals surface area contributed by atoms with Crippen LogP contribution < -0.4 is 0 Å². The third kappa shape index (κ3) is 1.55. The molecule has 0 radical (unpaired) electrons. The van der Waals surface area contributed by atoms with Gasteiger partial charge in [0.15, 0.2) is 0 Å². The Morgan fingerprint density at radius 2 is 1.62 bits per heavy atom. The highest BCUT2D eigenvalue weighted by atomic mass is 17.3. The minimum absolute atomic E-state index is 0.222. The number of rotatable bonds is 2. The van der Waals surface area contributed by atoms with Crippen LogP contribution >= 0.6 is 0 Å². The number of hydrogen-bond donors (Lipinski definition) is 0. The van der Waals surface area contributed by atoms with Crippen molar-refractivity contribution >= 4 is 17.8 Å². The number of imide groups is 1. The molecule has 0 atom stereocenters. The van der Waals surface area contributed by atoms with E-state index in [-0.39, 0.29) is 11.1 Å². The van der Waals surface area contributed by atoms with E-state index < -0.39 is 17.8 Å². The fourth-order valence-electron chi connectivity index (χ4n) is 1.32. The second-order valence-electron chi connectivity index (χ2n) is 3.10. The molecule has 6 nitrogen and oxygen atoms in total. The maximum Gasteiger partial charge on any atom is 0.342 e.